The molecule has 2 aromatic rings. The van der Waals surface area contributed by atoms with Gasteiger partial charge in [-0.05, 0) is 36.4 Å². The molecule has 0 saturated carbocycles. The van der Waals surface area contributed by atoms with Gasteiger partial charge in [0, 0.05) is 18.7 Å². The molecule has 0 amide bonds. The first-order valence-corrected chi connectivity index (χ1v) is 6.71. The second-order valence-electron chi connectivity index (χ2n) is 5.07. The minimum Gasteiger partial charge on any atom is -0.508 e. The molecular weight excluding hydrogens is 288 g/mol. The van der Waals surface area contributed by atoms with Crippen LogP contribution in [0.15, 0.2) is 42.5 Å². The van der Waals surface area contributed by atoms with Gasteiger partial charge in [0.2, 0.25) is 0 Å². The molecule has 6 heteroatoms. The Kier molecular flexibility index (Phi) is 3.56. The van der Waals surface area contributed by atoms with Crippen molar-refractivity contribution in [1.29, 1.82) is 0 Å². The third-order valence-corrected chi connectivity index (χ3v) is 3.49. The van der Waals surface area contributed by atoms with Crippen LogP contribution < -0.4 is 9.47 Å². The first kappa shape index (κ1) is 14.5. The molecule has 6 nitrogen and oxygen atoms in total. The quantitative estimate of drug-likeness (QED) is 0.751. The molecule has 0 unspecified atom stereocenters. The van der Waals surface area contributed by atoms with Gasteiger partial charge in [0.1, 0.15) is 23.0 Å². The van der Waals surface area contributed by atoms with E-state index in [2.05, 4.69) is 0 Å². The first-order chi connectivity index (χ1) is 10.5. The van der Waals surface area contributed by atoms with Crippen LogP contribution in [0.2, 0.25) is 0 Å². The van der Waals surface area contributed by atoms with E-state index in [1.165, 1.54) is 43.5 Å². The predicted octanol–water partition coefficient (Wildman–Crippen LogP) is 1.95. The molecular formula is C16H16O6. The van der Waals surface area contributed by atoms with E-state index in [0.29, 0.717) is 17.1 Å². The summed E-state index contributed by atoms with van der Waals surface area (Å²) in [6, 6.07) is 10.5. The van der Waals surface area contributed by atoms with E-state index in [-0.39, 0.29) is 18.1 Å². The molecule has 0 fully saturated rings. The number of methoxy groups -OCH3 is 1. The summed E-state index contributed by atoms with van der Waals surface area (Å²) in [4.78, 5) is 0. The average Bonchev–Trinajstić information content (AvgIpc) is 2.50. The maximum atomic E-state index is 10.8. The summed E-state index contributed by atoms with van der Waals surface area (Å²) in [5.74, 6) is -0.753. The minimum atomic E-state index is -1.73. The summed E-state index contributed by atoms with van der Waals surface area (Å²) < 4.78 is 16.5. The van der Waals surface area contributed by atoms with Crippen LogP contribution in [0.4, 0.5) is 0 Å². The summed E-state index contributed by atoms with van der Waals surface area (Å²) in [5.41, 5.74) is 0.577. The SMILES string of the molecule is CO[C@@H]1c2ccc(O)cc2OC[C@]1(O)Oc1ccc(O)cc1. The van der Waals surface area contributed by atoms with Crippen LogP contribution in [0.5, 0.6) is 23.0 Å². The van der Waals surface area contributed by atoms with Crippen LogP contribution in [0.25, 0.3) is 0 Å². The topological polar surface area (TPSA) is 88.4 Å². The van der Waals surface area contributed by atoms with Gasteiger partial charge in [-0.2, -0.15) is 0 Å². The van der Waals surface area contributed by atoms with Gasteiger partial charge >= 0.3 is 0 Å². The molecule has 3 rings (SSSR count). The van der Waals surface area contributed by atoms with E-state index in [0.717, 1.165) is 0 Å². The molecule has 0 saturated heterocycles. The van der Waals surface area contributed by atoms with Crippen LogP contribution >= 0.6 is 0 Å². The van der Waals surface area contributed by atoms with E-state index >= 15 is 0 Å². The highest BCUT2D eigenvalue weighted by Gasteiger charge is 2.46. The molecule has 3 N–H and O–H groups in total. The monoisotopic (exact) mass is 304 g/mol. The Labute approximate surface area is 127 Å². The van der Waals surface area contributed by atoms with E-state index in [4.69, 9.17) is 14.2 Å². The Hall–Kier alpha value is -2.44. The molecule has 0 aliphatic carbocycles. The highest BCUT2D eigenvalue weighted by Crippen LogP contribution is 2.42. The van der Waals surface area contributed by atoms with Crippen molar-refractivity contribution in [3.63, 3.8) is 0 Å². The van der Waals surface area contributed by atoms with Gasteiger partial charge in [0.05, 0.1) is 0 Å². The third-order valence-electron chi connectivity index (χ3n) is 3.49. The standard InChI is InChI=1S/C16H16O6/c1-20-15-13-7-4-11(18)8-14(13)21-9-16(15,19)22-12-5-2-10(17)3-6-12/h2-8,15,17-19H,9H2,1H3/t15-,16+/m1/s1. The number of phenols is 2. The molecule has 0 radical (unpaired) electrons. The zero-order chi connectivity index (χ0) is 15.7. The van der Waals surface area contributed by atoms with Crippen LogP contribution in [-0.2, 0) is 4.74 Å². The number of aromatic hydroxyl groups is 2. The van der Waals surface area contributed by atoms with Crippen molar-refractivity contribution in [1.82, 2.24) is 0 Å². The summed E-state index contributed by atoms with van der Waals surface area (Å²) in [7, 11) is 1.46. The number of hydrogen-bond acceptors (Lipinski definition) is 6. The van der Waals surface area contributed by atoms with Crippen LogP contribution in [0.3, 0.4) is 0 Å². The molecule has 1 aliphatic rings. The predicted molar refractivity (Wildman–Crippen MR) is 77.0 cm³/mol. The lowest BCUT2D eigenvalue weighted by atomic mass is 9.97. The molecule has 2 aromatic carbocycles. The molecule has 1 heterocycles. The lowest BCUT2D eigenvalue weighted by molar-refractivity contribution is -0.240. The van der Waals surface area contributed by atoms with Gasteiger partial charge < -0.3 is 29.5 Å². The Balaban J connectivity index is 1.92. The Bertz CT molecular complexity index is 669. The zero-order valence-corrected chi connectivity index (χ0v) is 11.9. The largest absolute Gasteiger partial charge is 0.508 e. The van der Waals surface area contributed by atoms with E-state index in [1.54, 1.807) is 6.07 Å². The van der Waals surface area contributed by atoms with Crippen molar-refractivity contribution < 1.29 is 29.5 Å². The van der Waals surface area contributed by atoms with Crippen molar-refractivity contribution in [2.24, 2.45) is 0 Å². The minimum absolute atomic E-state index is 0.0681. The van der Waals surface area contributed by atoms with Gasteiger partial charge in [-0.1, -0.05) is 0 Å². The summed E-state index contributed by atoms with van der Waals surface area (Å²) in [6.07, 6.45) is -0.786. The van der Waals surface area contributed by atoms with Crippen molar-refractivity contribution >= 4 is 0 Å². The average molecular weight is 304 g/mol. The third kappa shape index (κ3) is 2.54. The fourth-order valence-corrected chi connectivity index (χ4v) is 2.48. The van der Waals surface area contributed by atoms with Gasteiger partial charge in [-0.3, -0.25) is 0 Å². The smallest absolute Gasteiger partial charge is 0.273 e. The lowest BCUT2D eigenvalue weighted by Gasteiger charge is -2.39. The van der Waals surface area contributed by atoms with Crippen molar-refractivity contribution in [2.45, 2.75) is 11.9 Å². The van der Waals surface area contributed by atoms with Crippen molar-refractivity contribution in [3.05, 3.63) is 48.0 Å². The molecule has 1 aliphatic heterocycles. The molecule has 0 aromatic heterocycles. The highest BCUT2D eigenvalue weighted by molar-refractivity contribution is 5.44. The van der Waals surface area contributed by atoms with Crippen LogP contribution in [-0.4, -0.2) is 34.8 Å². The summed E-state index contributed by atoms with van der Waals surface area (Å²) in [6.45, 7) is -0.164. The molecule has 2 atom stereocenters. The van der Waals surface area contributed by atoms with E-state index < -0.39 is 11.9 Å². The number of hydrogen-bond donors (Lipinski definition) is 3. The maximum Gasteiger partial charge on any atom is 0.273 e. The normalized spacial score (nSPS) is 23.5. The van der Waals surface area contributed by atoms with Crippen molar-refractivity contribution in [2.75, 3.05) is 13.7 Å². The maximum absolute atomic E-state index is 10.8. The van der Waals surface area contributed by atoms with E-state index in [9.17, 15) is 15.3 Å². The van der Waals surface area contributed by atoms with Crippen LogP contribution in [0.1, 0.15) is 11.7 Å². The summed E-state index contributed by atoms with van der Waals surface area (Å²) in [5, 5.41) is 29.6. The lowest BCUT2D eigenvalue weighted by Crippen LogP contribution is -2.51. The molecule has 116 valence electrons. The Morgan fingerprint density at radius 3 is 2.45 bits per heavy atom. The number of aliphatic hydroxyl groups is 1. The number of rotatable bonds is 3. The number of fused-ring (bicyclic) bond motifs is 1. The van der Waals surface area contributed by atoms with Gasteiger partial charge in [0.15, 0.2) is 12.7 Å². The first-order valence-electron chi connectivity index (χ1n) is 6.71. The molecule has 0 spiro atoms. The fraction of sp³-hybridized carbons (Fsp3) is 0.250. The Morgan fingerprint density at radius 1 is 1.09 bits per heavy atom. The number of phenolic OH excluding ortho intramolecular Hbond substituents is 2. The van der Waals surface area contributed by atoms with Gasteiger partial charge in [0.25, 0.3) is 5.79 Å². The fourth-order valence-electron chi connectivity index (χ4n) is 2.48. The van der Waals surface area contributed by atoms with Crippen LogP contribution in [0, 0.1) is 0 Å². The van der Waals surface area contributed by atoms with E-state index in [1.807, 2.05) is 0 Å². The number of ether oxygens (including phenoxy) is 3. The highest BCUT2D eigenvalue weighted by atomic mass is 16.7. The second kappa shape index (κ2) is 5.40. The molecule has 0 bridgehead atoms. The zero-order valence-electron chi connectivity index (χ0n) is 11.9. The van der Waals surface area contributed by atoms with Gasteiger partial charge in [-0.15, -0.1) is 0 Å². The number of benzene rings is 2. The summed E-state index contributed by atoms with van der Waals surface area (Å²) >= 11 is 0. The van der Waals surface area contributed by atoms with Crippen molar-refractivity contribution in [3.8, 4) is 23.0 Å². The molecule has 22 heavy (non-hydrogen) atoms. The Morgan fingerprint density at radius 2 is 1.77 bits per heavy atom. The second-order valence-corrected chi connectivity index (χ2v) is 5.07. The van der Waals surface area contributed by atoms with Gasteiger partial charge in [-0.25, -0.2) is 0 Å².